The molecule has 1 aromatic rings. The van der Waals surface area contributed by atoms with Crippen LogP contribution in [-0.2, 0) is 4.74 Å². The summed E-state index contributed by atoms with van der Waals surface area (Å²) in [6.07, 6.45) is 1.86. The van der Waals surface area contributed by atoms with Gasteiger partial charge in [-0.3, -0.25) is 4.79 Å². The average molecular weight is 250 g/mol. The van der Waals surface area contributed by atoms with Crippen LogP contribution in [0.1, 0.15) is 30.1 Å². The Morgan fingerprint density at radius 2 is 2.06 bits per heavy atom. The van der Waals surface area contributed by atoms with Crippen LogP contribution >= 0.6 is 0 Å². The third kappa shape index (κ3) is 4.75. The third-order valence-corrected chi connectivity index (χ3v) is 2.55. The van der Waals surface area contributed by atoms with Crippen LogP contribution < -0.4 is 10.6 Å². The first kappa shape index (κ1) is 14.5. The van der Waals surface area contributed by atoms with Crippen LogP contribution in [0.15, 0.2) is 24.3 Å². The summed E-state index contributed by atoms with van der Waals surface area (Å²) < 4.78 is 4.94. The summed E-state index contributed by atoms with van der Waals surface area (Å²) >= 11 is 0. The van der Waals surface area contributed by atoms with Gasteiger partial charge in [0.25, 0.3) is 5.91 Å². The van der Waals surface area contributed by atoms with Gasteiger partial charge in [-0.15, -0.1) is 0 Å². The third-order valence-electron chi connectivity index (χ3n) is 2.55. The molecule has 18 heavy (non-hydrogen) atoms. The maximum atomic E-state index is 12.0. The van der Waals surface area contributed by atoms with E-state index in [1.807, 2.05) is 24.3 Å². The van der Waals surface area contributed by atoms with E-state index in [4.69, 9.17) is 4.74 Å². The molecule has 0 aliphatic carbocycles. The highest BCUT2D eigenvalue weighted by Gasteiger charge is 2.09. The largest absolute Gasteiger partial charge is 0.385 e. The lowest BCUT2D eigenvalue weighted by Crippen LogP contribution is -2.26. The first-order valence-corrected chi connectivity index (χ1v) is 6.39. The molecule has 1 aromatic carbocycles. The van der Waals surface area contributed by atoms with Gasteiger partial charge in [0, 0.05) is 32.5 Å². The lowest BCUT2D eigenvalue weighted by molar-refractivity contribution is 0.0949. The van der Waals surface area contributed by atoms with Gasteiger partial charge in [0.2, 0.25) is 0 Å². The monoisotopic (exact) mass is 250 g/mol. The van der Waals surface area contributed by atoms with E-state index in [1.165, 1.54) is 0 Å². The normalized spacial score (nSPS) is 10.1. The number of benzene rings is 1. The maximum Gasteiger partial charge on any atom is 0.253 e. The zero-order valence-electron chi connectivity index (χ0n) is 11.2. The van der Waals surface area contributed by atoms with Crippen LogP contribution in [0, 0.1) is 0 Å². The van der Waals surface area contributed by atoms with Gasteiger partial charge in [0.15, 0.2) is 0 Å². The number of anilines is 1. The molecular weight excluding hydrogens is 228 g/mol. The summed E-state index contributed by atoms with van der Waals surface area (Å²) in [4.78, 5) is 12.0. The van der Waals surface area contributed by atoms with Crippen molar-refractivity contribution in [3.63, 3.8) is 0 Å². The lowest BCUT2D eigenvalue weighted by Gasteiger charge is -2.11. The summed E-state index contributed by atoms with van der Waals surface area (Å²) in [6.45, 7) is 4.26. The van der Waals surface area contributed by atoms with Gasteiger partial charge in [0.05, 0.1) is 5.56 Å². The van der Waals surface area contributed by atoms with E-state index in [0.717, 1.165) is 25.1 Å². The van der Waals surface area contributed by atoms with Crippen molar-refractivity contribution in [2.75, 3.05) is 32.1 Å². The Balaban J connectivity index is 2.55. The zero-order valence-corrected chi connectivity index (χ0v) is 11.2. The van der Waals surface area contributed by atoms with Gasteiger partial charge in [0.1, 0.15) is 0 Å². The summed E-state index contributed by atoms with van der Waals surface area (Å²) in [5, 5.41) is 6.15. The standard InChI is InChI=1S/C14H22N2O2/c1-3-9-15-13-8-5-4-7-12(13)14(17)16-10-6-11-18-2/h4-5,7-8,15H,3,6,9-11H2,1-2H3,(H,16,17). The van der Waals surface area contributed by atoms with Gasteiger partial charge >= 0.3 is 0 Å². The van der Waals surface area contributed by atoms with E-state index >= 15 is 0 Å². The number of methoxy groups -OCH3 is 1. The van der Waals surface area contributed by atoms with E-state index in [-0.39, 0.29) is 5.91 Å². The number of nitrogens with one attached hydrogen (secondary N) is 2. The van der Waals surface area contributed by atoms with Crippen molar-refractivity contribution < 1.29 is 9.53 Å². The second kappa shape index (κ2) is 8.53. The molecule has 0 fully saturated rings. The van der Waals surface area contributed by atoms with Crippen molar-refractivity contribution in [2.45, 2.75) is 19.8 Å². The van der Waals surface area contributed by atoms with Crippen molar-refractivity contribution in [3.05, 3.63) is 29.8 Å². The first-order chi connectivity index (χ1) is 8.79. The fourth-order valence-corrected chi connectivity index (χ4v) is 1.61. The number of hydrogen-bond donors (Lipinski definition) is 2. The maximum absolute atomic E-state index is 12.0. The highest BCUT2D eigenvalue weighted by molar-refractivity contribution is 5.99. The number of hydrogen-bond acceptors (Lipinski definition) is 3. The second-order valence-corrected chi connectivity index (χ2v) is 4.07. The molecule has 0 heterocycles. The van der Waals surface area contributed by atoms with Gasteiger partial charge in [-0.1, -0.05) is 19.1 Å². The number of ether oxygens (including phenoxy) is 1. The van der Waals surface area contributed by atoms with Crippen molar-refractivity contribution in [1.29, 1.82) is 0 Å². The van der Waals surface area contributed by atoms with Crippen LogP contribution in [0.2, 0.25) is 0 Å². The Morgan fingerprint density at radius 1 is 1.28 bits per heavy atom. The SMILES string of the molecule is CCCNc1ccccc1C(=O)NCCCOC. The van der Waals surface area contributed by atoms with Crippen molar-refractivity contribution in [2.24, 2.45) is 0 Å². The van der Waals surface area contributed by atoms with Gasteiger partial charge in [-0.05, 0) is 25.0 Å². The molecule has 0 radical (unpaired) electrons. The molecule has 100 valence electrons. The molecule has 0 unspecified atom stereocenters. The van der Waals surface area contributed by atoms with Gasteiger partial charge in [-0.25, -0.2) is 0 Å². The van der Waals surface area contributed by atoms with E-state index in [1.54, 1.807) is 7.11 Å². The van der Waals surface area contributed by atoms with Gasteiger partial charge in [-0.2, -0.15) is 0 Å². The minimum absolute atomic E-state index is 0.0368. The minimum Gasteiger partial charge on any atom is -0.385 e. The molecule has 0 aliphatic rings. The summed E-state index contributed by atoms with van der Waals surface area (Å²) in [7, 11) is 1.66. The number of carbonyl (C=O) groups excluding carboxylic acids is 1. The number of rotatable bonds is 8. The van der Waals surface area contributed by atoms with Crippen molar-refractivity contribution in [1.82, 2.24) is 5.32 Å². The van der Waals surface area contributed by atoms with Crippen molar-refractivity contribution >= 4 is 11.6 Å². The summed E-state index contributed by atoms with van der Waals surface area (Å²) in [5.74, 6) is -0.0368. The minimum atomic E-state index is -0.0368. The molecular formula is C14H22N2O2. The highest BCUT2D eigenvalue weighted by Crippen LogP contribution is 2.14. The number of para-hydroxylation sites is 1. The summed E-state index contributed by atoms with van der Waals surface area (Å²) in [6, 6.07) is 7.57. The molecule has 0 aromatic heterocycles. The molecule has 0 bridgehead atoms. The van der Waals surface area contributed by atoms with Crippen molar-refractivity contribution in [3.8, 4) is 0 Å². The molecule has 4 nitrogen and oxygen atoms in total. The topological polar surface area (TPSA) is 50.4 Å². The van der Waals surface area contributed by atoms with Crippen LogP contribution in [-0.4, -0.2) is 32.7 Å². The van der Waals surface area contributed by atoms with E-state index in [0.29, 0.717) is 18.7 Å². The molecule has 1 amide bonds. The molecule has 0 aliphatic heterocycles. The fraction of sp³-hybridized carbons (Fsp3) is 0.500. The van der Waals surface area contributed by atoms with E-state index in [2.05, 4.69) is 17.6 Å². The summed E-state index contributed by atoms with van der Waals surface area (Å²) in [5.41, 5.74) is 1.59. The van der Waals surface area contributed by atoms with Crippen LogP contribution in [0.3, 0.4) is 0 Å². The molecule has 4 heteroatoms. The van der Waals surface area contributed by atoms with Crippen LogP contribution in [0.4, 0.5) is 5.69 Å². The number of amides is 1. The second-order valence-electron chi connectivity index (χ2n) is 4.07. The lowest BCUT2D eigenvalue weighted by atomic mass is 10.1. The Bertz CT molecular complexity index is 367. The molecule has 1 rings (SSSR count). The number of carbonyl (C=O) groups is 1. The zero-order chi connectivity index (χ0) is 13.2. The van der Waals surface area contributed by atoms with E-state index in [9.17, 15) is 4.79 Å². The quantitative estimate of drug-likeness (QED) is 0.696. The predicted molar refractivity (Wildman–Crippen MR) is 74.0 cm³/mol. The molecule has 2 N–H and O–H groups in total. The molecule has 0 saturated heterocycles. The fourth-order valence-electron chi connectivity index (χ4n) is 1.61. The molecule has 0 saturated carbocycles. The Morgan fingerprint density at radius 3 is 2.78 bits per heavy atom. The van der Waals surface area contributed by atoms with Crippen LogP contribution in [0.25, 0.3) is 0 Å². The van der Waals surface area contributed by atoms with E-state index < -0.39 is 0 Å². The van der Waals surface area contributed by atoms with Gasteiger partial charge < -0.3 is 15.4 Å². The molecule has 0 atom stereocenters. The highest BCUT2D eigenvalue weighted by atomic mass is 16.5. The predicted octanol–water partition coefficient (Wildman–Crippen LogP) is 2.27. The average Bonchev–Trinajstić information content (AvgIpc) is 2.41. The Kier molecular flexibility index (Phi) is 6.87. The Hall–Kier alpha value is -1.55. The Labute approximate surface area is 109 Å². The smallest absolute Gasteiger partial charge is 0.253 e. The molecule has 0 spiro atoms. The van der Waals surface area contributed by atoms with Crippen LogP contribution in [0.5, 0.6) is 0 Å². The first-order valence-electron chi connectivity index (χ1n) is 6.39.